The highest BCUT2D eigenvalue weighted by Gasteiger charge is 2.29. The third-order valence-corrected chi connectivity index (χ3v) is 5.66. The molecule has 8 nitrogen and oxygen atoms in total. The number of aryl methyl sites for hydroxylation is 1. The van der Waals surface area contributed by atoms with E-state index in [1.54, 1.807) is 38.2 Å². The lowest BCUT2D eigenvalue weighted by Crippen LogP contribution is -2.47. The summed E-state index contributed by atoms with van der Waals surface area (Å²) in [7, 11) is -3.95. The van der Waals surface area contributed by atoms with Gasteiger partial charge in [0.2, 0.25) is 15.9 Å². The molecule has 2 N–H and O–H groups in total. The molecule has 150 valence electrons. The maximum Gasteiger partial charge on any atom is 0.243 e. The van der Waals surface area contributed by atoms with Gasteiger partial charge in [0.1, 0.15) is 25.1 Å². The molecule has 1 aliphatic rings. The van der Waals surface area contributed by atoms with E-state index in [0.717, 1.165) is 5.56 Å². The summed E-state index contributed by atoms with van der Waals surface area (Å²) < 4.78 is 39.0. The molecule has 2 heterocycles. The average molecular weight is 405 g/mol. The molecule has 1 aliphatic heterocycles. The van der Waals surface area contributed by atoms with Crippen LogP contribution in [0.1, 0.15) is 19.4 Å². The first-order valence-corrected chi connectivity index (χ1v) is 10.4. The van der Waals surface area contributed by atoms with Gasteiger partial charge in [0.25, 0.3) is 0 Å². The highest BCUT2D eigenvalue weighted by atomic mass is 32.2. The zero-order valence-electron chi connectivity index (χ0n) is 15.9. The molecule has 1 aromatic heterocycles. The third kappa shape index (κ3) is 4.60. The number of sulfonamides is 1. The molecule has 9 heteroatoms. The van der Waals surface area contributed by atoms with E-state index in [-0.39, 0.29) is 10.8 Å². The smallest absolute Gasteiger partial charge is 0.243 e. The molecular formula is C19H23N3O5S. The van der Waals surface area contributed by atoms with Crippen LogP contribution in [0.15, 0.2) is 41.4 Å². The Hall–Kier alpha value is -2.65. The number of nitrogens with one attached hydrogen (secondary N) is 2. The van der Waals surface area contributed by atoms with Crippen LogP contribution in [0.4, 0.5) is 5.82 Å². The first-order chi connectivity index (χ1) is 13.3. The van der Waals surface area contributed by atoms with Gasteiger partial charge in [0, 0.05) is 12.3 Å². The van der Waals surface area contributed by atoms with E-state index in [2.05, 4.69) is 15.0 Å². The molecule has 0 spiro atoms. The number of hydrogen-bond acceptors (Lipinski definition) is 6. The summed E-state index contributed by atoms with van der Waals surface area (Å²) in [5.74, 6) is 0.470. The molecule has 0 bridgehead atoms. The molecule has 0 saturated carbocycles. The van der Waals surface area contributed by atoms with Gasteiger partial charge in [-0.25, -0.2) is 13.4 Å². The molecule has 3 rings (SSSR count). The summed E-state index contributed by atoms with van der Waals surface area (Å²) in [5.41, 5.74) is 0.934. The van der Waals surface area contributed by atoms with Crippen LogP contribution in [-0.4, -0.2) is 38.6 Å². The molecule has 0 fully saturated rings. The summed E-state index contributed by atoms with van der Waals surface area (Å²) in [6, 6.07) is 6.91. The number of hydrogen-bond donors (Lipinski definition) is 2. The van der Waals surface area contributed by atoms with Crippen LogP contribution >= 0.6 is 0 Å². The van der Waals surface area contributed by atoms with Crippen molar-refractivity contribution in [2.24, 2.45) is 5.92 Å². The maximum atomic E-state index is 12.8. The van der Waals surface area contributed by atoms with E-state index in [1.807, 2.05) is 6.92 Å². The molecule has 2 aromatic rings. The third-order valence-electron chi connectivity index (χ3n) is 4.22. The van der Waals surface area contributed by atoms with Crippen molar-refractivity contribution in [2.45, 2.75) is 31.7 Å². The fourth-order valence-corrected chi connectivity index (χ4v) is 4.09. The minimum atomic E-state index is -3.95. The van der Waals surface area contributed by atoms with E-state index in [9.17, 15) is 13.2 Å². The number of ether oxygens (including phenoxy) is 2. The van der Waals surface area contributed by atoms with Crippen LogP contribution in [0.2, 0.25) is 0 Å². The molecule has 0 radical (unpaired) electrons. The van der Waals surface area contributed by atoms with Crippen LogP contribution in [0.3, 0.4) is 0 Å². The Bertz CT molecular complexity index is 975. The number of pyridine rings is 1. The van der Waals surface area contributed by atoms with Crippen molar-refractivity contribution in [2.75, 3.05) is 18.5 Å². The minimum Gasteiger partial charge on any atom is -0.486 e. The van der Waals surface area contributed by atoms with Crippen molar-refractivity contribution in [3.05, 3.63) is 42.1 Å². The fraction of sp³-hybridized carbons (Fsp3) is 0.368. The van der Waals surface area contributed by atoms with Gasteiger partial charge in [-0.3, -0.25) is 4.79 Å². The maximum absolute atomic E-state index is 12.8. The Morgan fingerprint density at radius 1 is 1.11 bits per heavy atom. The Morgan fingerprint density at radius 2 is 1.82 bits per heavy atom. The molecule has 0 unspecified atom stereocenters. The van der Waals surface area contributed by atoms with Gasteiger partial charge < -0.3 is 14.8 Å². The topological polar surface area (TPSA) is 107 Å². The van der Waals surface area contributed by atoms with Gasteiger partial charge in [0.15, 0.2) is 11.5 Å². The molecule has 1 atom stereocenters. The Balaban J connectivity index is 1.80. The van der Waals surface area contributed by atoms with Gasteiger partial charge in [-0.15, -0.1) is 0 Å². The van der Waals surface area contributed by atoms with Crippen molar-refractivity contribution in [3.63, 3.8) is 0 Å². The van der Waals surface area contributed by atoms with Crippen LogP contribution in [-0.2, 0) is 14.8 Å². The zero-order valence-corrected chi connectivity index (χ0v) is 16.7. The molecule has 0 aliphatic carbocycles. The van der Waals surface area contributed by atoms with Crippen LogP contribution in [0.5, 0.6) is 11.5 Å². The molecule has 1 aromatic carbocycles. The number of benzene rings is 1. The monoisotopic (exact) mass is 405 g/mol. The van der Waals surface area contributed by atoms with Crippen molar-refractivity contribution in [1.29, 1.82) is 0 Å². The lowest BCUT2D eigenvalue weighted by molar-refractivity contribution is -0.118. The number of rotatable bonds is 6. The molecule has 28 heavy (non-hydrogen) atoms. The van der Waals surface area contributed by atoms with Crippen LogP contribution in [0, 0.1) is 12.8 Å². The highest BCUT2D eigenvalue weighted by molar-refractivity contribution is 7.89. The van der Waals surface area contributed by atoms with Gasteiger partial charge in [-0.05, 0) is 42.7 Å². The fourth-order valence-electron chi connectivity index (χ4n) is 2.73. The largest absolute Gasteiger partial charge is 0.486 e. The van der Waals surface area contributed by atoms with Gasteiger partial charge in [-0.1, -0.05) is 13.8 Å². The standard InChI is InChI=1S/C19H23N3O5S/c1-12(2)18(19(23)21-17-10-13(3)6-7-20-17)22-28(24,25)14-4-5-15-16(11-14)27-9-8-26-15/h4-7,10-12,18,22H,8-9H2,1-3H3,(H,20,21,23)/t18-/m1/s1. The number of carbonyl (C=O) groups is 1. The molecular weight excluding hydrogens is 382 g/mol. The lowest BCUT2D eigenvalue weighted by Gasteiger charge is -2.22. The minimum absolute atomic E-state index is 0.00359. The molecule has 0 saturated heterocycles. The van der Waals surface area contributed by atoms with E-state index < -0.39 is 22.0 Å². The Morgan fingerprint density at radius 3 is 2.50 bits per heavy atom. The number of amides is 1. The first-order valence-electron chi connectivity index (χ1n) is 8.92. The van der Waals surface area contributed by atoms with Crippen LogP contribution in [0.25, 0.3) is 0 Å². The van der Waals surface area contributed by atoms with E-state index >= 15 is 0 Å². The van der Waals surface area contributed by atoms with E-state index in [4.69, 9.17) is 9.47 Å². The predicted octanol–water partition coefficient (Wildman–Crippen LogP) is 2.10. The molecule has 1 amide bonds. The summed E-state index contributed by atoms with van der Waals surface area (Å²) in [4.78, 5) is 16.8. The number of aromatic nitrogens is 1. The SMILES string of the molecule is Cc1ccnc(NC(=O)[C@H](NS(=O)(=O)c2ccc3c(c2)OCCO3)C(C)C)c1. The summed E-state index contributed by atoms with van der Waals surface area (Å²) in [5, 5.41) is 2.67. The lowest BCUT2D eigenvalue weighted by atomic mass is 10.1. The van der Waals surface area contributed by atoms with Gasteiger partial charge in [0.05, 0.1) is 4.90 Å². The van der Waals surface area contributed by atoms with Crippen molar-refractivity contribution in [3.8, 4) is 11.5 Å². The second kappa shape index (κ2) is 8.15. The quantitative estimate of drug-likeness (QED) is 0.762. The van der Waals surface area contributed by atoms with Crippen molar-refractivity contribution >= 4 is 21.7 Å². The van der Waals surface area contributed by atoms with E-state index in [0.29, 0.717) is 30.5 Å². The Labute approximate surface area is 164 Å². The summed E-state index contributed by atoms with van der Waals surface area (Å²) in [6.45, 7) is 6.17. The number of anilines is 1. The second-order valence-electron chi connectivity index (χ2n) is 6.86. The summed E-state index contributed by atoms with van der Waals surface area (Å²) >= 11 is 0. The summed E-state index contributed by atoms with van der Waals surface area (Å²) in [6.07, 6.45) is 1.58. The number of nitrogens with zero attached hydrogens (tertiary/aromatic N) is 1. The number of carbonyl (C=O) groups excluding carboxylic acids is 1. The van der Waals surface area contributed by atoms with Gasteiger partial charge >= 0.3 is 0 Å². The van der Waals surface area contributed by atoms with E-state index in [1.165, 1.54) is 12.1 Å². The second-order valence-corrected chi connectivity index (χ2v) is 8.57. The van der Waals surface area contributed by atoms with Crippen molar-refractivity contribution < 1.29 is 22.7 Å². The zero-order chi connectivity index (χ0) is 20.3. The van der Waals surface area contributed by atoms with Crippen LogP contribution < -0.4 is 19.5 Å². The predicted molar refractivity (Wildman–Crippen MR) is 104 cm³/mol. The first kappa shape index (κ1) is 20.1. The van der Waals surface area contributed by atoms with Crippen molar-refractivity contribution in [1.82, 2.24) is 9.71 Å². The average Bonchev–Trinajstić information content (AvgIpc) is 2.65. The Kier molecular flexibility index (Phi) is 5.85. The number of fused-ring (bicyclic) bond motifs is 1. The normalized spacial score (nSPS) is 14.6. The highest BCUT2D eigenvalue weighted by Crippen LogP contribution is 2.32. The van der Waals surface area contributed by atoms with Gasteiger partial charge in [-0.2, -0.15) is 4.72 Å².